The SMILES string of the molecule is CC1CC(C)CC(NC(=O)N2CC(C)CC(C(=O)O)C2)C1. The topological polar surface area (TPSA) is 69.6 Å². The lowest BCUT2D eigenvalue weighted by molar-refractivity contribution is -0.143. The Balaban J connectivity index is 1.91. The fraction of sp³-hybridized carbons (Fsp3) is 0.875. The van der Waals surface area contributed by atoms with Crippen LogP contribution in [0, 0.1) is 23.7 Å². The number of amides is 2. The maximum Gasteiger partial charge on any atom is 0.317 e. The normalized spacial score (nSPS) is 37.1. The Bertz CT molecular complexity index is 389. The number of urea groups is 1. The van der Waals surface area contributed by atoms with Crippen LogP contribution in [0.1, 0.15) is 46.5 Å². The molecular weight excluding hydrogens is 268 g/mol. The van der Waals surface area contributed by atoms with Gasteiger partial charge in [0.25, 0.3) is 0 Å². The summed E-state index contributed by atoms with van der Waals surface area (Å²) in [4.78, 5) is 25.3. The number of carbonyl (C=O) groups excluding carboxylic acids is 1. The number of carboxylic acid groups (broad SMARTS) is 1. The smallest absolute Gasteiger partial charge is 0.317 e. The van der Waals surface area contributed by atoms with Crippen molar-refractivity contribution in [2.24, 2.45) is 23.7 Å². The molecule has 5 heteroatoms. The Labute approximate surface area is 127 Å². The molecular formula is C16H28N2O3. The number of hydrogen-bond acceptors (Lipinski definition) is 2. The van der Waals surface area contributed by atoms with E-state index < -0.39 is 11.9 Å². The molecule has 2 fully saturated rings. The number of nitrogens with zero attached hydrogens (tertiary/aromatic N) is 1. The van der Waals surface area contributed by atoms with Crippen LogP contribution in [-0.2, 0) is 4.79 Å². The number of rotatable bonds is 2. The number of piperidine rings is 1. The van der Waals surface area contributed by atoms with Gasteiger partial charge in [-0.1, -0.05) is 20.8 Å². The van der Waals surface area contributed by atoms with Crippen molar-refractivity contribution in [3.8, 4) is 0 Å². The second-order valence-corrected chi connectivity index (χ2v) is 7.34. The van der Waals surface area contributed by atoms with Crippen molar-refractivity contribution in [3.05, 3.63) is 0 Å². The lowest BCUT2D eigenvalue weighted by Crippen LogP contribution is -2.52. The molecule has 0 aromatic rings. The Kier molecular flexibility index (Phi) is 5.12. The lowest BCUT2D eigenvalue weighted by atomic mass is 9.80. The van der Waals surface area contributed by atoms with Crippen LogP contribution in [0.4, 0.5) is 4.79 Å². The summed E-state index contributed by atoms with van der Waals surface area (Å²) in [6.45, 7) is 7.48. The zero-order chi connectivity index (χ0) is 15.6. The second kappa shape index (κ2) is 6.67. The van der Waals surface area contributed by atoms with Crippen LogP contribution >= 0.6 is 0 Å². The van der Waals surface area contributed by atoms with E-state index in [2.05, 4.69) is 19.2 Å². The van der Waals surface area contributed by atoms with Crippen molar-refractivity contribution in [2.45, 2.75) is 52.5 Å². The van der Waals surface area contributed by atoms with Crippen LogP contribution < -0.4 is 5.32 Å². The highest BCUT2D eigenvalue weighted by atomic mass is 16.4. The molecule has 0 aromatic heterocycles. The summed E-state index contributed by atoms with van der Waals surface area (Å²) in [5, 5.41) is 12.3. The molecule has 0 aromatic carbocycles. The van der Waals surface area contributed by atoms with Gasteiger partial charge in [-0.3, -0.25) is 4.79 Å². The fourth-order valence-electron chi connectivity index (χ4n) is 4.03. The van der Waals surface area contributed by atoms with Crippen LogP contribution in [0.2, 0.25) is 0 Å². The molecule has 4 atom stereocenters. The minimum atomic E-state index is -0.792. The summed E-state index contributed by atoms with van der Waals surface area (Å²) in [6.07, 6.45) is 3.95. The number of aliphatic carboxylic acids is 1. The van der Waals surface area contributed by atoms with Gasteiger partial charge in [-0.15, -0.1) is 0 Å². The molecule has 2 N–H and O–H groups in total. The maximum absolute atomic E-state index is 12.4. The van der Waals surface area contributed by atoms with Crippen molar-refractivity contribution >= 4 is 12.0 Å². The number of nitrogens with one attached hydrogen (secondary N) is 1. The maximum atomic E-state index is 12.4. The first-order chi connectivity index (χ1) is 9.85. The molecule has 0 bridgehead atoms. The average molecular weight is 296 g/mol. The van der Waals surface area contributed by atoms with E-state index in [1.54, 1.807) is 4.90 Å². The van der Waals surface area contributed by atoms with Crippen molar-refractivity contribution in [1.82, 2.24) is 10.2 Å². The molecule has 4 unspecified atom stereocenters. The van der Waals surface area contributed by atoms with E-state index in [9.17, 15) is 14.7 Å². The van der Waals surface area contributed by atoms with Gasteiger partial charge in [0, 0.05) is 19.1 Å². The highest BCUT2D eigenvalue weighted by molar-refractivity contribution is 5.76. The summed E-state index contributed by atoms with van der Waals surface area (Å²) in [6, 6.07) is 0.149. The van der Waals surface area contributed by atoms with Crippen molar-refractivity contribution < 1.29 is 14.7 Å². The zero-order valence-electron chi connectivity index (χ0n) is 13.3. The standard InChI is InChI=1S/C16H28N2O3/c1-10-4-11(2)7-14(6-10)17-16(21)18-8-12(3)5-13(9-18)15(19)20/h10-14H,4-9H2,1-3H3,(H,17,21)(H,19,20). The molecule has 0 radical (unpaired) electrons. The fourth-order valence-corrected chi connectivity index (χ4v) is 4.03. The summed E-state index contributed by atoms with van der Waals surface area (Å²) < 4.78 is 0. The predicted molar refractivity (Wildman–Crippen MR) is 81.0 cm³/mol. The largest absolute Gasteiger partial charge is 0.481 e. The second-order valence-electron chi connectivity index (χ2n) is 7.34. The first-order valence-corrected chi connectivity index (χ1v) is 8.13. The Morgan fingerprint density at radius 1 is 0.952 bits per heavy atom. The van der Waals surface area contributed by atoms with Gasteiger partial charge in [-0.25, -0.2) is 4.79 Å². The molecule has 1 aliphatic carbocycles. The van der Waals surface area contributed by atoms with E-state index in [0.29, 0.717) is 31.3 Å². The Morgan fingerprint density at radius 3 is 2.14 bits per heavy atom. The van der Waals surface area contributed by atoms with Crippen LogP contribution in [0.5, 0.6) is 0 Å². The third kappa shape index (κ3) is 4.35. The Hall–Kier alpha value is -1.26. The van der Waals surface area contributed by atoms with Crippen LogP contribution in [0.15, 0.2) is 0 Å². The van der Waals surface area contributed by atoms with Gasteiger partial charge in [-0.05, 0) is 43.4 Å². The number of carbonyl (C=O) groups is 2. The molecule has 2 amide bonds. The van der Waals surface area contributed by atoms with Crippen molar-refractivity contribution in [1.29, 1.82) is 0 Å². The molecule has 1 heterocycles. The van der Waals surface area contributed by atoms with Gasteiger partial charge in [0.1, 0.15) is 0 Å². The first-order valence-electron chi connectivity index (χ1n) is 8.13. The van der Waals surface area contributed by atoms with E-state index in [0.717, 1.165) is 12.8 Å². The summed E-state index contributed by atoms with van der Waals surface area (Å²) in [5.41, 5.74) is 0. The van der Waals surface area contributed by atoms with Gasteiger partial charge < -0.3 is 15.3 Å². The molecule has 1 saturated heterocycles. The number of likely N-dealkylation sites (tertiary alicyclic amines) is 1. The molecule has 5 nitrogen and oxygen atoms in total. The summed E-state index contributed by atoms with van der Waals surface area (Å²) >= 11 is 0. The Morgan fingerprint density at radius 2 is 1.57 bits per heavy atom. The monoisotopic (exact) mass is 296 g/mol. The molecule has 1 saturated carbocycles. The third-order valence-electron chi connectivity index (χ3n) is 4.80. The van der Waals surface area contributed by atoms with Crippen LogP contribution in [0.3, 0.4) is 0 Å². The van der Waals surface area contributed by atoms with Gasteiger partial charge in [-0.2, -0.15) is 0 Å². The quantitative estimate of drug-likeness (QED) is 0.823. The van der Waals surface area contributed by atoms with E-state index in [-0.39, 0.29) is 18.0 Å². The van der Waals surface area contributed by atoms with Gasteiger partial charge in [0.15, 0.2) is 0 Å². The van der Waals surface area contributed by atoms with Crippen molar-refractivity contribution in [2.75, 3.05) is 13.1 Å². The number of carboxylic acids is 1. The van der Waals surface area contributed by atoms with Crippen LogP contribution in [0.25, 0.3) is 0 Å². The summed E-state index contributed by atoms with van der Waals surface area (Å²) in [7, 11) is 0. The van der Waals surface area contributed by atoms with E-state index >= 15 is 0 Å². The minimum Gasteiger partial charge on any atom is -0.481 e. The highest BCUT2D eigenvalue weighted by Gasteiger charge is 2.33. The molecule has 120 valence electrons. The predicted octanol–water partition coefficient (Wildman–Crippen LogP) is 2.56. The molecule has 21 heavy (non-hydrogen) atoms. The lowest BCUT2D eigenvalue weighted by Gasteiger charge is -2.37. The molecule has 2 aliphatic rings. The van der Waals surface area contributed by atoms with Gasteiger partial charge >= 0.3 is 12.0 Å². The van der Waals surface area contributed by atoms with E-state index in [1.165, 1.54) is 6.42 Å². The first kappa shape index (κ1) is 16.1. The van der Waals surface area contributed by atoms with Gasteiger partial charge in [0.05, 0.1) is 5.92 Å². The van der Waals surface area contributed by atoms with E-state index in [1.807, 2.05) is 6.92 Å². The third-order valence-corrected chi connectivity index (χ3v) is 4.80. The molecule has 2 rings (SSSR count). The van der Waals surface area contributed by atoms with Gasteiger partial charge in [0.2, 0.25) is 0 Å². The summed E-state index contributed by atoms with van der Waals surface area (Å²) in [5.74, 6) is 0.315. The van der Waals surface area contributed by atoms with Crippen molar-refractivity contribution in [3.63, 3.8) is 0 Å². The molecule has 1 aliphatic heterocycles. The zero-order valence-corrected chi connectivity index (χ0v) is 13.3. The minimum absolute atomic E-state index is 0.0842. The number of hydrogen-bond donors (Lipinski definition) is 2. The van der Waals surface area contributed by atoms with Crippen LogP contribution in [-0.4, -0.2) is 41.1 Å². The average Bonchev–Trinajstić information content (AvgIpc) is 2.36. The van der Waals surface area contributed by atoms with E-state index in [4.69, 9.17) is 0 Å². The highest BCUT2D eigenvalue weighted by Crippen LogP contribution is 2.29. The molecule has 0 spiro atoms.